The van der Waals surface area contributed by atoms with Crippen LogP contribution in [0, 0.1) is 0 Å². The van der Waals surface area contributed by atoms with Crippen LogP contribution in [0.1, 0.15) is 56.9 Å². The number of carboxylic acid groups (broad SMARTS) is 1. The first kappa shape index (κ1) is 17.0. The fraction of sp³-hybridized carbons (Fsp3) is 0.733. The highest BCUT2D eigenvalue weighted by atomic mass is 32.2. The lowest BCUT2D eigenvalue weighted by Crippen LogP contribution is -2.43. The van der Waals surface area contributed by atoms with E-state index >= 15 is 0 Å². The molecule has 7 heteroatoms. The van der Waals surface area contributed by atoms with Crippen LogP contribution >= 0.6 is 0 Å². The van der Waals surface area contributed by atoms with Crippen molar-refractivity contribution in [3.63, 3.8) is 0 Å². The summed E-state index contributed by atoms with van der Waals surface area (Å²) in [4.78, 5) is 11.3. The van der Waals surface area contributed by atoms with Crippen molar-refractivity contribution >= 4 is 15.8 Å². The summed E-state index contributed by atoms with van der Waals surface area (Å²) in [6, 6.07) is 0. The zero-order chi connectivity index (χ0) is 16.4. The molecule has 0 aliphatic heterocycles. The van der Waals surface area contributed by atoms with E-state index in [0.717, 1.165) is 6.26 Å². The zero-order valence-corrected chi connectivity index (χ0v) is 14.0. The molecule has 0 bridgehead atoms. The lowest BCUT2D eigenvalue weighted by Gasteiger charge is -2.22. The van der Waals surface area contributed by atoms with E-state index in [9.17, 15) is 18.3 Å². The number of carbonyl (C=O) groups is 1. The first-order chi connectivity index (χ1) is 10.2. The standard InChI is InChI=1S/C15H24N2O4S/c1-15(14(18)19,22(2,20)21)8-9-17-11-13(10-16-17)12-6-4-3-5-7-12/h10-12H,3-9H2,1-2H3,(H,18,19)/t15-/m1/s1. The van der Waals surface area contributed by atoms with Crippen LogP contribution in [0.5, 0.6) is 0 Å². The van der Waals surface area contributed by atoms with Crippen molar-refractivity contribution in [2.45, 2.75) is 62.7 Å². The first-order valence-corrected chi connectivity index (χ1v) is 9.58. The summed E-state index contributed by atoms with van der Waals surface area (Å²) in [5, 5.41) is 13.5. The second kappa shape index (κ2) is 6.40. The molecule has 1 aromatic rings. The van der Waals surface area contributed by atoms with Gasteiger partial charge in [-0.05, 0) is 37.7 Å². The van der Waals surface area contributed by atoms with Crippen molar-refractivity contribution in [2.24, 2.45) is 0 Å². The molecule has 0 saturated heterocycles. The summed E-state index contributed by atoms with van der Waals surface area (Å²) in [5.74, 6) is -0.780. The number of carboxylic acids is 1. The highest BCUT2D eigenvalue weighted by Crippen LogP contribution is 2.32. The number of hydrogen-bond acceptors (Lipinski definition) is 4. The summed E-state index contributed by atoms with van der Waals surface area (Å²) in [6.07, 6.45) is 10.8. The summed E-state index contributed by atoms with van der Waals surface area (Å²) < 4.78 is 23.4. The van der Waals surface area contributed by atoms with Gasteiger partial charge in [0.05, 0.1) is 6.20 Å². The summed E-state index contributed by atoms with van der Waals surface area (Å²) >= 11 is 0. The Morgan fingerprint density at radius 2 is 2.05 bits per heavy atom. The molecule has 0 aromatic carbocycles. The zero-order valence-electron chi connectivity index (χ0n) is 13.2. The number of hydrogen-bond donors (Lipinski definition) is 1. The van der Waals surface area contributed by atoms with Gasteiger partial charge in [0.25, 0.3) is 0 Å². The molecule has 22 heavy (non-hydrogen) atoms. The maximum Gasteiger partial charge on any atom is 0.324 e. The third-order valence-electron chi connectivity index (χ3n) is 4.82. The Morgan fingerprint density at radius 1 is 1.41 bits per heavy atom. The van der Waals surface area contributed by atoms with Crippen LogP contribution in [-0.4, -0.2) is 40.3 Å². The van der Waals surface area contributed by atoms with Gasteiger partial charge in [-0.15, -0.1) is 0 Å². The van der Waals surface area contributed by atoms with E-state index in [-0.39, 0.29) is 13.0 Å². The lowest BCUT2D eigenvalue weighted by atomic mass is 9.86. The molecule has 124 valence electrons. The van der Waals surface area contributed by atoms with E-state index in [1.807, 2.05) is 12.4 Å². The van der Waals surface area contributed by atoms with Gasteiger partial charge in [0.2, 0.25) is 0 Å². The van der Waals surface area contributed by atoms with E-state index in [0.29, 0.717) is 5.92 Å². The van der Waals surface area contributed by atoms with Gasteiger partial charge in [0, 0.05) is 19.0 Å². The molecule has 1 aromatic heterocycles. The molecule has 1 fully saturated rings. The van der Waals surface area contributed by atoms with E-state index < -0.39 is 20.6 Å². The number of nitrogens with zero attached hydrogens (tertiary/aromatic N) is 2. The van der Waals surface area contributed by atoms with Gasteiger partial charge >= 0.3 is 5.97 Å². The summed E-state index contributed by atoms with van der Waals surface area (Å²) in [7, 11) is -3.69. The highest BCUT2D eigenvalue weighted by Gasteiger charge is 2.43. The Bertz CT molecular complexity index is 632. The SMILES string of the molecule is C[C@@](CCn1cc(C2CCCCC2)cn1)(C(=O)O)S(C)(=O)=O. The van der Waals surface area contributed by atoms with E-state index in [1.54, 1.807) is 4.68 Å². The Balaban J connectivity index is 2.05. The maximum atomic E-state index is 11.8. The van der Waals surface area contributed by atoms with Gasteiger partial charge < -0.3 is 5.11 Å². The molecule has 1 aliphatic carbocycles. The Morgan fingerprint density at radius 3 is 2.59 bits per heavy atom. The summed E-state index contributed by atoms with van der Waals surface area (Å²) in [5.41, 5.74) is 1.18. The van der Waals surface area contributed by atoms with Crippen LogP contribution in [0.3, 0.4) is 0 Å². The largest absolute Gasteiger partial charge is 0.480 e. The van der Waals surface area contributed by atoms with Gasteiger partial charge in [-0.2, -0.15) is 5.10 Å². The van der Waals surface area contributed by atoms with Crippen LogP contribution in [0.4, 0.5) is 0 Å². The fourth-order valence-electron chi connectivity index (χ4n) is 2.93. The molecule has 0 amide bonds. The van der Waals surface area contributed by atoms with Gasteiger partial charge in [-0.1, -0.05) is 19.3 Å². The number of rotatable bonds is 6. The molecule has 0 unspecified atom stereocenters. The van der Waals surface area contributed by atoms with Crippen LogP contribution < -0.4 is 0 Å². The number of aromatic nitrogens is 2. The monoisotopic (exact) mass is 328 g/mol. The fourth-order valence-corrected chi connectivity index (χ4v) is 3.71. The Kier molecular flexibility index (Phi) is 4.94. The second-order valence-electron chi connectivity index (χ2n) is 6.43. The van der Waals surface area contributed by atoms with Gasteiger partial charge in [-0.25, -0.2) is 8.42 Å². The Labute approximate surface area is 131 Å². The van der Waals surface area contributed by atoms with Gasteiger partial charge in [0.1, 0.15) is 0 Å². The molecule has 1 N–H and O–H groups in total. The molecular weight excluding hydrogens is 304 g/mol. The molecule has 1 saturated carbocycles. The molecule has 0 spiro atoms. The minimum absolute atomic E-state index is 0.00690. The topological polar surface area (TPSA) is 89.3 Å². The van der Waals surface area contributed by atoms with Gasteiger partial charge in [-0.3, -0.25) is 9.48 Å². The highest BCUT2D eigenvalue weighted by molar-refractivity contribution is 7.92. The van der Waals surface area contributed by atoms with Crippen molar-refractivity contribution < 1.29 is 18.3 Å². The Hall–Kier alpha value is -1.37. The molecule has 1 atom stereocenters. The first-order valence-electron chi connectivity index (χ1n) is 7.69. The van der Waals surface area contributed by atoms with Crippen molar-refractivity contribution in [3.05, 3.63) is 18.0 Å². The third-order valence-corrected chi connectivity index (χ3v) is 6.83. The average Bonchev–Trinajstić information content (AvgIpc) is 2.93. The minimum Gasteiger partial charge on any atom is -0.480 e. The van der Waals surface area contributed by atoms with Crippen molar-refractivity contribution in [2.75, 3.05) is 6.26 Å². The van der Waals surface area contributed by atoms with E-state index in [2.05, 4.69) is 5.10 Å². The number of aryl methyl sites for hydroxylation is 1. The molecule has 0 radical (unpaired) electrons. The van der Waals surface area contributed by atoms with Crippen LogP contribution in [-0.2, 0) is 21.2 Å². The second-order valence-corrected chi connectivity index (χ2v) is 8.88. The molecule has 2 rings (SSSR count). The van der Waals surface area contributed by atoms with E-state index in [1.165, 1.54) is 44.6 Å². The quantitative estimate of drug-likeness (QED) is 0.865. The molecule has 6 nitrogen and oxygen atoms in total. The van der Waals surface area contributed by atoms with Crippen LogP contribution in [0.25, 0.3) is 0 Å². The smallest absolute Gasteiger partial charge is 0.324 e. The van der Waals surface area contributed by atoms with Gasteiger partial charge in [0.15, 0.2) is 14.6 Å². The van der Waals surface area contributed by atoms with Crippen LogP contribution in [0.2, 0.25) is 0 Å². The van der Waals surface area contributed by atoms with Crippen LogP contribution in [0.15, 0.2) is 12.4 Å². The maximum absolute atomic E-state index is 11.8. The summed E-state index contributed by atoms with van der Waals surface area (Å²) in [6.45, 7) is 1.54. The number of sulfone groups is 1. The van der Waals surface area contributed by atoms with Crippen molar-refractivity contribution in [1.29, 1.82) is 0 Å². The normalized spacial score (nSPS) is 19.7. The third kappa shape index (κ3) is 3.51. The molecular formula is C15H24N2O4S. The molecule has 1 aliphatic rings. The minimum atomic E-state index is -3.69. The average molecular weight is 328 g/mol. The predicted molar refractivity (Wildman–Crippen MR) is 83.6 cm³/mol. The number of aliphatic carboxylic acids is 1. The van der Waals surface area contributed by atoms with Crippen molar-refractivity contribution in [1.82, 2.24) is 9.78 Å². The molecule has 1 heterocycles. The predicted octanol–water partition coefficient (Wildman–Crippen LogP) is 2.21. The van der Waals surface area contributed by atoms with E-state index in [4.69, 9.17) is 0 Å². The lowest BCUT2D eigenvalue weighted by molar-refractivity contribution is -0.139. The van der Waals surface area contributed by atoms with Crippen molar-refractivity contribution in [3.8, 4) is 0 Å².